The molecule has 0 saturated heterocycles. The van der Waals surface area contributed by atoms with Crippen molar-refractivity contribution in [1.82, 2.24) is 4.90 Å². The number of nitrogens with zero attached hydrogens (tertiary/aromatic N) is 1. The smallest absolute Gasteiger partial charge is 0.290 e. The van der Waals surface area contributed by atoms with Crippen LogP contribution in [-0.4, -0.2) is 36.1 Å². The Morgan fingerprint density at radius 2 is 1.81 bits per heavy atom. The van der Waals surface area contributed by atoms with Gasteiger partial charge in [0.2, 0.25) is 6.79 Å². The van der Waals surface area contributed by atoms with Crippen LogP contribution in [0, 0.1) is 5.92 Å². The molecule has 2 aromatic rings. The van der Waals surface area contributed by atoms with E-state index < -0.39 is 6.04 Å². The summed E-state index contributed by atoms with van der Waals surface area (Å²) in [7, 11) is 0. The Bertz CT molecular complexity index is 1200. The van der Waals surface area contributed by atoms with Crippen molar-refractivity contribution in [2.75, 3.05) is 13.4 Å². The molecule has 3 aliphatic heterocycles. The third kappa shape index (κ3) is 4.00. The van der Waals surface area contributed by atoms with Crippen LogP contribution in [0.15, 0.2) is 53.8 Å². The second kappa shape index (κ2) is 9.52. The Morgan fingerprint density at radius 3 is 2.64 bits per heavy atom. The van der Waals surface area contributed by atoms with Crippen LogP contribution in [0.2, 0.25) is 0 Å². The molecule has 188 valence electrons. The molecule has 0 aromatic heterocycles. The van der Waals surface area contributed by atoms with Crippen molar-refractivity contribution < 1.29 is 28.5 Å². The highest BCUT2D eigenvalue weighted by molar-refractivity contribution is 6.11. The van der Waals surface area contributed by atoms with Gasteiger partial charge in [0.1, 0.15) is 11.9 Å². The predicted molar refractivity (Wildman–Crippen MR) is 132 cm³/mol. The predicted octanol–water partition coefficient (Wildman–Crippen LogP) is 5.09. The zero-order valence-corrected chi connectivity index (χ0v) is 20.5. The van der Waals surface area contributed by atoms with E-state index >= 15 is 0 Å². The number of benzene rings is 2. The molecule has 3 unspecified atom stereocenters. The summed E-state index contributed by atoms with van der Waals surface area (Å²) in [5.41, 5.74) is 2.29. The number of unbranched alkanes of at least 4 members (excludes halogenated alkanes) is 1. The Labute approximate surface area is 211 Å². The molecule has 7 heteroatoms. The van der Waals surface area contributed by atoms with Crippen LogP contribution in [0.25, 0.3) is 0 Å². The monoisotopic (exact) mass is 489 g/mol. The molecular formula is C29H31NO6. The second-order valence-corrected chi connectivity index (χ2v) is 9.95. The van der Waals surface area contributed by atoms with E-state index in [-0.39, 0.29) is 36.3 Å². The van der Waals surface area contributed by atoms with E-state index in [1.807, 2.05) is 42.5 Å². The molecule has 7 nitrogen and oxygen atoms in total. The van der Waals surface area contributed by atoms with Crippen LogP contribution in [-0.2, 0) is 20.9 Å². The summed E-state index contributed by atoms with van der Waals surface area (Å²) >= 11 is 0. The number of ether oxygens (including phenoxy) is 4. The Kier molecular flexibility index (Phi) is 6.07. The fraction of sp³-hybridized carbons (Fsp3) is 0.448. The molecule has 0 radical (unpaired) electrons. The van der Waals surface area contributed by atoms with Gasteiger partial charge in [0.25, 0.3) is 5.91 Å². The fourth-order valence-corrected chi connectivity index (χ4v) is 5.72. The highest BCUT2D eigenvalue weighted by Crippen LogP contribution is 2.47. The van der Waals surface area contributed by atoms with Crippen LogP contribution in [0.4, 0.5) is 0 Å². The van der Waals surface area contributed by atoms with E-state index in [2.05, 4.69) is 6.92 Å². The number of fused-ring (bicyclic) bond motifs is 2. The molecular weight excluding hydrogens is 458 g/mol. The number of ketones is 1. The molecule has 0 N–H and O–H groups in total. The number of rotatable bonds is 7. The second-order valence-electron chi connectivity index (χ2n) is 9.95. The largest absolute Gasteiger partial charge is 0.494 e. The SMILES string of the molecule is CCCCOc1ccc(C2C3=C(OC4CCCCC4C3=O)C(=O)N2Cc2ccc3c(c2)OCO3)cc1. The van der Waals surface area contributed by atoms with E-state index in [0.717, 1.165) is 55.4 Å². The van der Waals surface area contributed by atoms with Crippen LogP contribution in [0.1, 0.15) is 62.6 Å². The maximum atomic E-state index is 13.8. The minimum Gasteiger partial charge on any atom is -0.494 e. The molecule has 1 amide bonds. The van der Waals surface area contributed by atoms with Gasteiger partial charge in [-0.25, -0.2) is 0 Å². The van der Waals surface area contributed by atoms with Crippen molar-refractivity contribution in [3.05, 3.63) is 64.9 Å². The van der Waals surface area contributed by atoms with Crippen molar-refractivity contribution in [3.63, 3.8) is 0 Å². The average Bonchev–Trinajstić information content (AvgIpc) is 3.48. The minimum atomic E-state index is -0.502. The van der Waals surface area contributed by atoms with E-state index in [9.17, 15) is 9.59 Å². The highest BCUT2D eigenvalue weighted by Gasteiger charge is 2.51. The topological polar surface area (TPSA) is 74.3 Å². The van der Waals surface area contributed by atoms with Gasteiger partial charge in [-0.05, 0) is 61.1 Å². The van der Waals surface area contributed by atoms with Gasteiger partial charge in [-0.2, -0.15) is 0 Å². The molecule has 4 aliphatic rings. The first-order valence-corrected chi connectivity index (χ1v) is 13.0. The Balaban J connectivity index is 1.34. The number of hydrogen-bond donors (Lipinski definition) is 0. The van der Waals surface area contributed by atoms with E-state index in [0.29, 0.717) is 30.2 Å². The summed E-state index contributed by atoms with van der Waals surface area (Å²) in [6.07, 6.45) is 5.53. The normalized spacial score (nSPS) is 24.5. The first-order valence-electron chi connectivity index (χ1n) is 13.0. The van der Waals surface area contributed by atoms with Crippen LogP contribution in [0.5, 0.6) is 17.2 Å². The lowest BCUT2D eigenvalue weighted by atomic mass is 9.77. The van der Waals surface area contributed by atoms with Gasteiger partial charge in [-0.15, -0.1) is 0 Å². The van der Waals surface area contributed by atoms with E-state index in [1.165, 1.54) is 0 Å². The van der Waals surface area contributed by atoms with Gasteiger partial charge in [0, 0.05) is 6.54 Å². The number of carbonyl (C=O) groups excluding carboxylic acids is 2. The van der Waals surface area contributed by atoms with Crippen LogP contribution < -0.4 is 14.2 Å². The third-order valence-electron chi connectivity index (χ3n) is 7.61. The molecule has 1 fully saturated rings. The van der Waals surface area contributed by atoms with Gasteiger partial charge in [-0.3, -0.25) is 9.59 Å². The molecule has 1 aliphatic carbocycles. The summed E-state index contributed by atoms with van der Waals surface area (Å²) in [6.45, 7) is 3.31. The van der Waals surface area contributed by atoms with Gasteiger partial charge in [0.05, 0.1) is 24.1 Å². The summed E-state index contributed by atoms with van der Waals surface area (Å²) in [4.78, 5) is 29.3. The zero-order valence-electron chi connectivity index (χ0n) is 20.5. The maximum absolute atomic E-state index is 13.8. The third-order valence-corrected chi connectivity index (χ3v) is 7.61. The lowest BCUT2D eigenvalue weighted by Gasteiger charge is -2.35. The Morgan fingerprint density at radius 1 is 1.00 bits per heavy atom. The van der Waals surface area contributed by atoms with Gasteiger partial charge in [0.15, 0.2) is 23.0 Å². The summed E-state index contributed by atoms with van der Waals surface area (Å²) < 4.78 is 23.1. The summed E-state index contributed by atoms with van der Waals surface area (Å²) in [6, 6.07) is 13.0. The highest BCUT2D eigenvalue weighted by atomic mass is 16.7. The first kappa shape index (κ1) is 23.0. The lowest BCUT2D eigenvalue weighted by Crippen LogP contribution is -2.39. The van der Waals surface area contributed by atoms with Gasteiger partial charge in [-0.1, -0.05) is 38.0 Å². The van der Waals surface area contributed by atoms with Gasteiger partial charge >= 0.3 is 0 Å². The molecule has 3 atom stereocenters. The first-order chi connectivity index (χ1) is 17.6. The standard InChI is InChI=1S/C29H31NO6/c1-2-3-14-33-20-11-9-19(10-12-20)26-25-27(31)21-6-4-5-7-22(21)36-28(25)29(32)30(26)16-18-8-13-23-24(15-18)35-17-34-23/h8-13,15,21-22,26H,2-7,14,16-17H2,1H3. The average molecular weight is 490 g/mol. The zero-order chi connectivity index (χ0) is 24.6. The quantitative estimate of drug-likeness (QED) is 0.505. The molecule has 36 heavy (non-hydrogen) atoms. The van der Waals surface area contributed by atoms with Crippen molar-refractivity contribution in [2.24, 2.45) is 5.92 Å². The minimum absolute atomic E-state index is 0.0655. The molecule has 6 rings (SSSR count). The van der Waals surface area contributed by atoms with Crippen LogP contribution in [0.3, 0.4) is 0 Å². The molecule has 3 heterocycles. The van der Waals surface area contributed by atoms with Crippen molar-refractivity contribution in [2.45, 2.75) is 64.1 Å². The number of amides is 1. The maximum Gasteiger partial charge on any atom is 0.290 e. The van der Waals surface area contributed by atoms with Crippen molar-refractivity contribution >= 4 is 11.7 Å². The van der Waals surface area contributed by atoms with Crippen molar-refractivity contribution in [3.8, 4) is 17.2 Å². The molecule has 1 saturated carbocycles. The molecule has 0 bridgehead atoms. The van der Waals surface area contributed by atoms with E-state index in [4.69, 9.17) is 18.9 Å². The number of Topliss-reactive ketones (excluding diaryl/α,β-unsaturated/α-hetero) is 1. The van der Waals surface area contributed by atoms with Crippen molar-refractivity contribution in [1.29, 1.82) is 0 Å². The number of carbonyl (C=O) groups is 2. The molecule has 2 aromatic carbocycles. The lowest BCUT2D eigenvalue weighted by molar-refractivity contribution is -0.135. The van der Waals surface area contributed by atoms with E-state index in [1.54, 1.807) is 4.90 Å². The summed E-state index contributed by atoms with van der Waals surface area (Å²) in [5.74, 6) is 2.05. The van der Waals surface area contributed by atoms with Gasteiger partial charge < -0.3 is 23.8 Å². The molecule has 0 spiro atoms. The Hall–Kier alpha value is -3.48. The fourth-order valence-electron chi connectivity index (χ4n) is 5.72. The van der Waals surface area contributed by atoms with Crippen LogP contribution >= 0.6 is 0 Å². The number of hydrogen-bond acceptors (Lipinski definition) is 6. The summed E-state index contributed by atoms with van der Waals surface area (Å²) in [5, 5.41) is 0.